The third-order valence-corrected chi connectivity index (χ3v) is 2.97. The number of rotatable bonds is 3. The molecule has 1 unspecified atom stereocenters. The highest BCUT2D eigenvalue weighted by Gasteiger charge is 2.24. The van der Waals surface area contributed by atoms with Gasteiger partial charge in [-0.1, -0.05) is 0 Å². The van der Waals surface area contributed by atoms with E-state index in [4.69, 9.17) is 15.6 Å². The minimum absolute atomic E-state index is 0.0754. The highest BCUT2D eigenvalue weighted by molar-refractivity contribution is 5.60. The maximum Gasteiger partial charge on any atom is 0.265 e. The SMILES string of the molecule is Nc1ccc(N2CCOC(CO)C2)c(C(F)F)c1. The van der Waals surface area contributed by atoms with Gasteiger partial charge in [-0.3, -0.25) is 0 Å². The van der Waals surface area contributed by atoms with Gasteiger partial charge in [0.15, 0.2) is 0 Å². The molecule has 1 heterocycles. The fraction of sp³-hybridized carbons (Fsp3) is 0.500. The monoisotopic (exact) mass is 258 g/mol. The lowest BCUT2D eigenvalue weighted by Gasteiger charge is -2.34. The summed E-state index contributed by atoms with van der Waals surface area (Å²) in [7, 11) is 0. The van der Waals surface area contributed by atoms with Gasteiger partial charge in [-0.2, -0.15) is 0 Å². The van der Waals surface area contributed by atoms with Crippen molar-refractivity contribution in [1.29, 1.82) is 0 Å². The number of ether oxygens (including phenoxy) is 1. The zero-order chi connectivity index (χ0) is 13.1. The van der Waals surface area contributed by atoms with Gasteiger partial charge in [-0.15, -0.1) is 0 Å². The molecule has 18 heavy (non-hydrogen) atoms. The third-order valence-electron chi connectivity index (χ3n) is 2.97. The number of hydrogen-bond donors (Lipinski definition) is 2. The first-order chi connectivity index (χ1) is 8.61. The quantitative estimate of drug-likeness (QED) is 0.805. The number of nitrogens with two attached hydrogens (primary N) is 1. The molecule has 3 N–H and O–H groups in total. The van der Waals surface area contributed by atoms with E-state index >= 15 is 0 Å². The maximum atomic E-state index is 13.0. The number of morpholine rings is 1. The standard InChI is InChI=1S/C12H16F2N2O2/c13-12(14)10-5-8(15)1-2-11(10)16-3-4-18-9(6-16)7-17/h1-2,5,9,12,17H,3-4,6-7,15H2. The third kappa shape index (κ3) is 2.70. The highest BCUT2D eigenvalue weighted by Crippen LogP contribution is 2.32. The molecule has 2 rings (SSSR count). The average molecular weight is 258 g/mol. The number of aliphatic hydroxyl groups excluding tert-OH is 1. The molecule has 0 aliphatic carbocycles. The number of nitrogens with zero attached hydrogens (tertiary/aromatic N) is 1. The molecule has 1 aromatic rings. The van der Waals surface area contributed by atoms with Crippen molar-refractivity contribution in [2.75, 3.05) is 36.9 Å². The van der Waals surface area contributed by atoms with Gasteiger partial charge in [-0.25, -0.2) is 8.78 Å². The molecule has 0 aromatic heterocycles. The summed E-state index contributed by atoms with van der Waals surface area (Å²) < 4.78 is 31.3. The van der Waals surface area contributed by atoms with E-state index in [0.717, 1.165) is 0 Å². The zero-order valence-electron chi connectivity index (χ0n) is 9.85. The van der Waals surface area contributed by atoms with Crippen LogP contribution in [0.4, 0.5) is 20.2 Å². The first kappa shape index (κ1) is 13.0. The molecule has 0 amide bonds. The van der Waals surface area contributed by atoms with Crippen molar-refractivity contribution in [3.05, 3.63) is 23.8 Å². The van der Waals surface area contributed by atoms with Crippen LogP contribution in [0.15, 0.2) is 18.2 Å². The van der Waals surface area contributed by atoms with Crippen LogP contribution in [0.3, 0.4) is 0 Å². The first-order valence-electron chi connectivity index (χ1n) is 5.76. The van der Waals surface area contributed by atoms with E-state index in [-0.39, 0.29) is 18.3 Å². The van der Waals surface area contributed by atoms with Crippen molar-refractivity contribution < 1.29 is 18.6 Å². The lowest BCUT2D eigenvalue weighted by atomic mass is 10.1. The maximum absolute atomic E-state index is 13.0. The fourth-order valence-electron chi connectivity index (χ4n) is 2.08. The Balaban J connectivity index is 2.26. The molecule has 6 heteroatoms. The van der Waals surface area contributed by atoms with E-state index in [0.29, 0.717) is 31.1 Å². The van der Waals surface area contributed by atoms with Crippen LogP contribution in [0.5, 0.6) is 0 Å². The van der Waals surface area contributed by atoms with Crippen molar-refractivity contribution in [3.63, 3.8) is 0 Å². The van der Waals surface area contributed by atoms with E-state index in [1.165, 1.54) is 6.07 Å². The average Bonchev–Trinajstić information content (AvgIpc) is 2.38. The van der Waals surface area contributed by atoms with E-state index in [9.17, 15) is 8.78 Å². The Labute approximate surface area is 104 Å². The van der Waals surface area contributed by atoms with Crippen LogP contribution < -0.4 is 10.6 Å². The Kier molecular flexibility index (Phi) is 3.98. The summed E-state index contributed by atoms with van der Waals surface area (Å²) in [6, 6.07) is 4.49. The van der Waals surface area contributed by atoms with Crippen LogP contribution in [0, 0.1) is 0 Å². The topological polar surface area (TPSA) is 58.7 Å². The van der Waals surface area contributed by atoms with Gasteiger partial charge in [0, 0.05) is 30.0 Å². The van der Waals surface area contributed by atoms with Crippen LogP contribution in [-0.2, 0) is 4.74 Å². The smallest absolute Gasteiger partial charge is 0.265 e. The van der Waals surface area contributed by atoms with Crippen molar-refractivity contribution in [1.82, 2.24) is 0 Å². The number of hydrogen-bond acceptors (Lipinski definition) is 4. The van der Waals surface area contributed by atoms with Crippen LogP contribution >= 0.6 is 0 Å². The van der Waals surface area contributed by atoms with E-state index in [1.54, 1.807) is 17.0 Å². The van der Waals surface area contributed by atoms with Gasteiger partial charge in [0.1, 0.15) is 0 Å². The Hall–Kier alpha value is -1.40. The Bertz CT molecular complexity index is 415. The normalized spacial score (nSPS) is 20.4. The van der Waals surface area contributed by atoms with E-state index in [2.05, 4.69) is 0 Å². The second-order valence-electron chi connectivity index (χ2n) is 4.24. The molecule has 1 fully saturated rings. The van der Waals surface area contributed by atoms with Crippen LogP contribution in [0.1, 0.15) is 12.0 Å². The van der Waals surface area contributed by atoms with Gasteiger partial charge in [0.2, 0.25) is 0 Å². The van der Waals surface area contributed by atoms with Crippen LogP contribution in [0.25, 0.3) is 0 Å². The number of alkyl halides is 2. The fourth-order valence-corrected chi connectivity index (χ4v) is 2.08. The number of nitrogen functional groups attached to an aromatic ring is 1. The molecule has 0 radical (unpaired) electrons. The number of benzene rings is 1. The van der Waals surface area contributed by atoms with E-state index < -0.39 is 6.43 Å². The number of anilines is 2. The second-order valence-corrected chi connectivity index (χ2v) is 4.24. The summed E-state index contributed by atoms with van der Waals surface area (Å²) in [5.74, 6) is 0. The highest BCUT2D eigenvalue weighted by atomic mass is 19.3. The number of aliphatic hydroxyl groups is 1. The van der Waals surface area contributed by atoms with Gasteiger partial charge in [-0.05, 0) is 18.2 Å². The lowest BCUT2D eigenvalue weighted by molar-refractivity contribution is 0.00336. The summed E-state index contributed by atoms with van der Waals surface area (Å²) >= 11 is 0. The summed E-state index contributed by atoms with van der Waals surface area (Å²) in [5, 5.41) is 9.06. The lowest BCUT2D eigenvalue weighted by Crippen LogP contribution is -2.44. The van der Waals surface area contributed by atoms with Crippen molar-refractivity contribution in [3.8, 4) is 0 Å². The molecule has 4 nitrogen and oxygen atoms in total. The van der Waals surface area contributed by atoms with Crippen LogP contribution in [0.2, 0.25) is 0 Å². The summed E-state index contributed by atoms with van der Waals surface area (Å²) in [4.78, 5) is 1.80. The molecule has 0 saturated carbocycles. The molecule has 1 atom stereocenters. The first-order valence-corrected chi connectivity index (χ1v) is 5.76. The van der Waals surface area contributed by atoms with Gasteiger partial charge >= 0.3 is 0 Å². The molecule has 1 aromatic carbocycles. The molecule has 1 aliphatic rings. The predicted molar refractivity (Wildman–Crippen MR) is 64.9 cm³/mol. The molecule has 0 spiro atoms. The summed E-state index contributed by atoms with van der Waals surface area (Å²) in [5.41, 5.74) is 6.24. The molecular formula is C12H16F2N2O2. The van der Waals surface area contributed by atoms with E-state index in [1.807, 2.05) is 0 Å². The summed E-state index contributed by atoms with van der Waals surface area (Å²) in [6.07, 6.45) is -2.90. The van der Waals surface area contributed by atoms with Gasteiger partial charge in [0.25, 0.3) is 6.43 Å². The number of halogens is 2. The van der Waals surface area contributed by atoms with Crippen molar-refractivity contribution in [2.24, 2.45) is 0 Å². The molecule has 1 aliphatic heterocycles. The Morgan fingerprint density at radius 3 is 2.94 bits per heavy atom. The molecule has 100 valence electrons. The molecule has 1 saturated heterocycles. The minimum Gasteiger partial charge on any atom is -0.399 e. The van der Waals surface area contributed by atoms with Gasteiger partial charge in [0.05, 0.1) is 19.3 Å². The largest absolute Gasteiger partial charge is 0.399 e. The Morgan fingerprint density at radius 1 is 1.50 bits per heavy atom. The predicted octanol–water partition coefficient (Wildman–Crippen LogP) is 1.40. The molecular weight excluding hydrogens is 242 g/mol. The van der Waals surface area contributed by atoms with Crippen molar-refractivity contribution >= 4 is 11.4 Å². The second kappa shape index (κ2) is 5.49. The van der Waals surface area contributed by atoms with Crippen molar-refractivity contribution in [2.45, 2.75) is 12.5 Å². The summed E-state index contributed by atoms with van der Waals surface area (Å²) in [6.45, 7) is 1.23. The Morgan fingerprint density at radius 2 is 2.28 bits per heavy atom. The minimum atomic E-state index is -2.57. The van der Waals surface area contributed by atoms with Crippen LogP contribution in [-0.4, -0.2) is 37.5 Å². The zero-order valence-corrected chi connectivity index (χ0v) is 9.85. The molecule has 0 bridgehead atoms. The van der Waals surface area contributed by atoms with Gasteiger partial charge < -0.3 is 20.5 Å².